The molecule has 23 heavy (non-hydrogen) atoms. The van der Waals surface area contributed by atoms with Gasteiger partial charge in [0.05, 0.1) is 19.7 Å². The van der Waals surface area contributed by atoms with Crippen molar-refractivity contribution in [2.24, 2.45) is 5.10 Å². The Hall–Kier alpha value is -2.05. The molecule has 5 nitrogen and oxygen atoms in total. The van der Waals surface area contributed by atoms with Crippen molar-refractivity contribution in [1.82, 2.24) is 5.43 Å². The molecule has 1 amide bonds. The molecule has 0 unspecified atom stereocenters. The number of carbonyl (C=O) groups excluding carboxylic acids is 1. The quantitative estimate of drug-likeness (QED) is 0.599. The van der Waals surface area contributed by atoms with E-state index in [2.05, 4.69) is 26.5 Å². The van der Waals surface area contributed by atoms with Crippen LogP contribution in [0.4, 0.5) is 0 Å². The number of halogens is 2. The molecule has 0 atom stereocenters. The van der Waals surface area contributed by atoms with Gasteiger partial charge in [-0.3, -0.25) is 4.79 Å². The lowest BCUT2D eigenvalue weighted by Gasteiger charge is -2.06. The maximum atomic E-state index is 11.8. The first kappa shape index (κ1) is 17.3. The molecule has 2 rings (SSSR count). The number of aromatic hydroxyl groups is 1. The van der Waals surface area contributed by atoms with Crippen LogP contribution in [0.2, 0.25) is 5.02 Å². The van der Waals surface area contributed by atoms with Crippen LogP contribution < -0.4 is 10.2 Å². The Labute approximate surface area is 147 Å². The van der Waals surface area contributed by atoms with E-state index >= 15 is 0 Å². The molecular weight excluding hydrogens is 384 g/mol. The van der Waals surface area contributed by atoms with Crippen LogP contribution in [0.5, 0.6) is 11.5 Å². The lowest BCUT2D eigenvalue weighted by atomic mass is 10.1. The number of amides is 1. The molecule has 2 aromatic rings. The number of hydrogen-bond acceptors (Lipinski definition) is 4. The summed E-state index contributed by atoms with van der Waals surface area (Å²) in [4.78, 5) is 11.8. The highest BCUT2D eigenvalue weighted by Gasteiger charge is 2.08. The van der Waals surface area contributed by atoms with Gasteiger partial charge in [-0.2, -0.15) is 5.10 Å². The van der Waals surface area contributed by atoms with Crippen LogP contribution in [0, 0.1) is 0 Å². The molecule has 120 valence electrons. The van der Waals surface area contributed by atoms with Gasteiger partial charge in [0.15, 0.2) is 11.5 Å². The van der Waals surface area contributed by atoms with E-state index < -0.39 is 0 Å². The van der Waals surface area contributed by atoms with Crippen LogP contribution in [0.3, 0.4) is 0 Å². The lowest BCUT2D eigenvalue weighted by molar-refractivity contribution is -0.120. The SMILES string of the molecule is COc1cc(Br)cc(/C=N\NC(=O)Cc2ccc(Cl)cc2)c1O. The van der Waals surface area contributed by atoms with Crippen LogP contribution in [-0.4, -0.2) is 24.3 Å². The molecule has 0 aliphatic rings. The van der Waals surface area contributed by atoms with E-state index in [1.807, 2.05) is 0 Å². The highest BCUT2D eigenvalue weighted by atomic mass is 79.9. The first-order valence-corrected chi connectivity index (χ1v) is 7.79. The second-order valence-electron chi connectivity index (χ2n) is 4.64. The Bertz CT molecular complexity index is 733. The zero-order valence-electron chi connectivity index (χ0n) is 12.2. The third-order valence-electron chi connectivity index (χ3n) is 2.96. The number of rotatable bonds is 5. The Morgan fingerprint density at radius 3 is 2.74 bits per heavy atom. The van der Waals surface area contributed by atoms with Gasteiger partial charge in [0, 0.05) is 15.1 Å². The van der Waals surface area contributed by atoms with Crippen molar-refractivity contribution in [3.8, 4) is 11.5 Å². The number of carbonyl (C=O) groups is 1. The van der Waals surface area contributed by atoms with Crippen molar-refractivity contribution in [3.63, 3.8) is 0 Å². The molecule has 0 radical (unpaired) electrons. The zero-order valence-corrected chi connectivity index (χ0v) is 14.6. The number of ether oxygens (including phenoxy) is 1. The molecule has 0 saturated carbocycles. The summed E-state index contributed by atoms with van der Waals surface area (Å²) in [5, 5.41) is 14.4. The van der Waals surface area contributed by atoms with Gasteiger partial charge in [0.2, 0.25) is 5.91 Å². The number of nitrogens with one attached hydrogen (secondary N) is 1. The maximum Gasteiger partial charge on any atom is 0.244 e. The molecule has 0 spiro atoms. The number of phenolic OH excluding ortho intramolecular Hbond substituents is 1. The van der Waals surface area contributed by atoms with Gasteiger partial charge in [0.25, 0.3) is 0 Å². The minimum Gasteiger partial charge on any atom is -0.504 e. The van der Waals surface area contributed by atoms with Crippen molar-refractivity contribution in [2.75, 3.05) is 7.11 Å². The molecule has 0 bridgehead atoms. The maximum absolute atomic E-state index is 11.8. The van der Waals surface area contributed by atoms with Crippen LogP contribution >= 0.6 is 27.5 Å². The third kappa shape index (κ3) is 4.97. The molecule has 2 aromatic carbocycles. The van der Waals surface area contributed by atoms with Crippen molar-refractivity contribution in [1.29, 1.82) is 0 Å². The van der Waals surface area contributed by atoms with E-state index in [0.717, 1.165) is 10.0 Å². The molecular formula is C16H14BrClN2O3. The van der Waals surface area contributed by atoms with Crippen molar-refractivity contribution in [2.45, 2.75) is 6.42 Å². The highest BCUT2D eigenvalue weighted by molar-refractivity contribution is 9.10. The summed E-state index contributed by atoms with van der Waals surface area (Å²) in [7, 11) is 1.45. The second kappa shape index (κ2) is 7.99. The largest absolute Gasteiger partial charge is 0.504 e. The highest BCUT2D eigenvalue weighted by Crippen LogP contribution is 2.32. The van der Waals surface area contributed by atoms with Gasteiger partial charge in [-0.15, -0.1) is 0 Å². The summed E-state index contributed by atoms with van der Waals surface area (Å²) in [6.07, 6.45) is 1.53. The summed E-state index contributed by atoms with van der Waals surface area (Å²) < 4.78 is 5.77. The van der Waals surface area contributed by atoms with Crippen molar-refractivity contribution >= 4 is 39.7 Å². The molecule has 0 aliphatic heterocycles. The molecule has 2 N–H and O–H groups in total. The van der Waals surface area contributed by atoms with Crippen molar-refractivity contribution < 1.29 is 14.6 Å². The molecule has 7 heteroatoms. The lowest BCUT2D eigenvalue weighted by Crippen LogP contribution is -2.19. The first-order chi connectivity index (χ1) is 11.0. The first-order valence-electron chi connectivity index (χ1n) is 6.62. The van der Waals surface area contributed by atoms with Crippen LogP contribution in [-0.2, 0) is 11.2 Å². The van der Waals surface area contributed by atoms with Gasteiger partial charge in [-0.1, -0.05) is 39.7 Å². The van der Waals surface area contributed by atoms with Gasteiger partial charge >= 0.3 is 0 Å². The number of phenols is 1. The van der Waals surface area contributed by atoms with E-state index in [0.29, 0.717) is 16.3 Å². The minimum atomic E-state index is -0.273. The summed E-state index contributed by atoms with van der Waals surface area (Å²) in [5.41, 5.74) is 3.66. The average molecular weight is 398 g/mol. The van der Waals surface area contributed by atoms with Crippen LogP contribution in [0.25, 0.3) is 0 Å². The normalized spacial score (nSPS) is 10.7. The summed E-state index contributed by atoms with van der Waals surface area (Å²) in [5.74, 6) is -0.00950. The molecule has 0 saturated heterocycles. The molecule has 0 heterocycles. The Morgan fingerprint density at radius 1 is 1.39 bits per heavy atom. The second-order valence-corrected chi connectivity index (χ2v) is 5.99. The van der Waals surface area contributed by atoms with Gasteiger partial charge < -0.3 is 9.84 Å². The van der Waals surface area contributed by atoms with E-state index in [9.17, 15) is 9.90 Å². The predicted molar refractivity (Wildman–Crippen MR) is 93.3 cm³/mol. The summed E-state index contributed by atoms with van der Waals surface area (Å²) in [6.45, 7) is 0. The van der Waals surface area contributed by atoms with Gasteiger partial charge in [-0.25, -0.2) is 5.43 Å². The zero-order chi connectivity index (χ0) is 16.8. The fraction of sp³-hybridized carbons (Fsp3) is 0.125. The standard InChI is InChI=1S/C16H14BrClN2O3/c1-23-14-8-12(17)7-11(16(14)22)9-19-20-15(21)6-10-2-4-13(18)5-3-10/h2-5,7-9,22H,6H2,1H3,(H,20,21)/b19-9-. The van der Waals surface area contributed by atoms with Crippen molar-refractivity contribution in [3.05, 3.63) is 57.0 Å². The summed E-state index contributed by atoms with van der Waals surface area (Å²) >= 11 is 9.10. The fourth-order valence-electron chi connectivity index (χ4n) is 1.85. The third-order valence-corrected chi connectivity index (χ3v) is 3.67. The number of hydrazone groups is 1. The molecule has 0 aliphatic carbocycles. The minimum absolute atomic E-state index is 0.0496. The topological polar surface area (TPSA) is 70.9 Å². The number of hydrogen-bond donors (Lipinski definition) is 2. The number of benzene rings is 2. The summed E-state index contributed by atoms with van der Waals surface area (Å²) in [6, 6.07) is 10.3. The molecule has 0 fully saturated rings. The van der Waals surface area contributed by atoms with E-state index in [1.54, 1.807) is 36.4 Å². The van der Waals surface area contributed by atoms with E-state index in [-0.39, 0.29) is 18.1 Å². The fourth-order valence-corrected chi connectivity index (χ4v) is 2.43. The monoisotopic (exact) mass is 396 g/mol. The predicted octanol–water partition coefficient (Wildman–Crippen LogP) is 3.51. The Kier molecular flexibility index (Phi) is 6.01. The Balaban J connectivity index is 2.00. The Morgan fingerprint density at radius 2 is 2.09 bits per heavy atom. The van der Waals surface area contributed by atoms with Crippen LogP contribution in [0.15, 0.2) is 46.0 Å². The van der Waals surface area contributed by atoms with E-state index in [4.69, 9.17) is 16.3 Å². The molecule has 0 aromatic heterocycles. The number of nitrogens with zero attached hydrogens (tertiary/aromatic N) is 1. The van der Waals surface area contributed by atoms with Gasteiger partial charge in [0.1, 0.15) is 0 Å². The van der Waals surface area contributed by atoms with Gasteiger partial charge in [-0.05, 0) is 29.8 Å². The van der Waals surface area contributed by atoms with Crippen LogP contribution in [0.1, 0.15) is 11.1 Å². The smallest absolute Gasteiger partial charge is 0.244 e. The number of methoxy groups -OCH3 is 1. The average Bonchev–Trinajstić information content (AvgIpc) is 2.52. The van der Waals surface area contributed by atoms with E-state index in [1.165, 1.54) is 13.3 Å².